The van der Waals surface area contributed by atoms with Crippen LogP contribution in [0.4, 0.5) is 14.5 Å². The number of hydrogen-bond acceptors (Lipinski definition) is 4. The third-order valence-corrected chi connectivity index (χ3v) is 3.53. The number of carbonyl (C=O) groups excluding carboxylic acids is 2. The Kier molecular flexibility index (Phi) is 5.59. The van der Waals surface area contributed by atoms with Crippen LogP contribution in [0.5, 0.6) is 0 Å². The van der Waals surface area contributed by atoms with Crippen molar-refractivity contribution in [3.05, 3.63) is 58.3 Å². The van der Waals surface area contributed by atoms with Crippen LogP contribution in [0.25, 0.3) is 6.08 Å². The molecule has 120 valence electrons. The number of anilines is 1. The number of benzene rings is 1. The van der Waals surface area contributed by atoms with Gasteiger partial charge in [-0.1, -0.05) is 6.07 Å². The van der Waals surface area contributed by atoms with Crippen molar-refractivity contribution >= 4 is 35.0 Å². The molecule has 0 saturated carbocycles. The molecule has 0 radical (unpaired) electrons. The Bertz CT molecular complexity index is 709. The Labute approximate surface area is 135 Å². The molecule has 0 aliphatic rings. The molecule has 0 aliphatic heterocycles. The molecule has 4 nitrogen and oxygen atoms in total. The van der Waals surface area contributed by atoms with Gasteiger partial charge in [-0.2, -0.15) is 11.3 Å². The van der Waals surface area contributed by atoms with Gasteiger partial charge in [-0.3, -0.25) is 4.79 Å². The zero-order chi connectivity index (χ0) is 16.8. The first-order valence-electron chi connectivity index (χ1n) is 6.63. The summed E-state index contributed by atoms with van der Waals surface area (Å²) in [4.78, 5) is 23.4. The van der Waals surface area contributed by atoms with E-state index in [0.717, 1.165) is 17.7 Å². The van der Waals surface area contributed by atoms with Crippen LogP contribution in [0, 0.1) is 11.6 Å². The highest BCUT2D eigenvalue weighted by Gasteiger charge is 2.19. The van der Waals surface area contributed by atoms with Crippen LogP contribution in [-0.4, -0.2) is 18.0 Å². The average Bonchev–Trinajstić information content (AvgIpc) is 3.02. The quantitative estimate of drug-likeness (QED) is 0.670. The fourth-order valence-corrected chi connectivity index (χ4v) is 2.27. The van der Waals surface area contributed by atoms with Crippen LogP contribution >= 0.6 is 11.3 Å². The lowest BCUT2D eigenvalue weighted by atomic mass is 10.2. The molecule has 0 fully saturated rings. The van der Waals surface area contributed by atoms with Gasteiger partial charge in [0, 0.05) is 6.08 Å². The van der Waals surface area contributed by atoms with Crippen LogP contribution in [0.2, 0.25) is 0 Å². The lowest BCUT2D eigenvalue weighted by Crippen LogP contribution is -2.30. The second-order valence-corrected chi connectivity index (χ2v) is 5.34. The molecule has 0 spiro atoms. The largest absolute Gasteiger partial charge is 0.449 e. The third-order valence-electron chi connectivity index (χ3n) is 2.83. The van der Waals surface area contributed by atoms with Crippen LogP contribution in [0.3, 0.4) is 0 Å². The smallest absolute Gasteiger partial charge is 0.331 e. The molecule has 1 atom stereocenters. The average molecular weight is 337 g/mol. The summed E-state index contributed by atoms with van der Waals surface area (Å²) < 4.78 is 31.8. The third kappa shape index (κ3) is 4.72. The van der Waals surface area contributed by atoms with Crippen LogP contribution < -0.4 is 5.32 Å². The number of thiophene rings is 1. The summed E-state index contributed by atoms with van der Waals surface area (Å²) in [5, 5.41) is 5.75. The van der Waals surface area contributed by atoms with Gasteiger partial charge in [0.05, 0.1) is 0 Å². The van der Waals surface area contributed by atoms with E-state index in [4.69, 9.17) is 4.74 Å². The predicted octanol–water partition coefficient (Wildman–Crippen LogP) is 3.61. The molecule has 0 bridgehead atoms. The standard InChI is InChI=1S/C16H13F2NO3S/c1-10(22-14(20)6-5-11-7-8-23-9-11)16(21)19-15-12(17)3-2-4-13(15)18/h2-10H,1H3,(H,19,21)/b6-5+/t10-/m1/s1. The molecule has 7 heteroatoms. The lowest BCUT2D eigenvalue weighted by Gasteiger charge is -2.13. The highest BCUT2D eigenvalue weighted by molar-refractivity contribution is 7.08. The van der Waals surface area contributed by atoms with Crippen molar-refractivity contribution < 1.29 is 23.1 Å². The molecule has 2 aromatic rings. The molecular weight excluding hydrogens is 324 g/mol. The Morgan fingerprint density at radius 3 is 2.57 bits per heavy atom. The minimum Gasteiger partial charge on any atom is -0.449 e. The summed E-state index contributed by atoms with van der Waals surface area (Å²) in [5.41, 5.74) is 0.256. The van der Waals surface area contributed by atoms with Crippen molar-refractivity contribution in [3.63, 3.8) is 0 Å². The molecule has 23 heavy (non-hydrogen) atoms. The first kappa shape index (κ1) is 16.8. The van der Waals surface area contributed by atoms with Crippen molar-refractivity contribution in [2.75, 3.05) is 5.32 Å². The number of para-hydroxylation sites is 1. The predicted molar refractivity (Wildman–Crippen MR) is 83.9 cm³/mol. The van der Waals surface area contributed by atoms with Crippen molar-refractivity contribution in [1.82, 2.24) is 0 Å². The van der Waals surface area contributed by atoms with E-state index in [-0.39, 0.29) is 0 Å². The maximum atomic E-state index is 13.4. The Morgan fingerprint density at radius 1 is 1.26 bits per heavy atom. The Hall–Kier alpha value is -2.54. The van der Waals surface area contributed by atoms with E-state index in [0.29, 0.717) is 0 Å². The van der Waals surface area contributed by atoms with Gasteiger partial charge in [-0.25, -0.2) is 13.6 Å². The normalized spacial score (nSPS) is 12.1. The monoisotopic (exact) mass is 337 g/mol. The molecular formula is C16H13F2NO3S. The molecule has 0 unspecified atom stereocenters. The summed E-state index contributed by atoms with van der Waals surface area (Å²) in [7, 11) is 0. The summed E-state index contributed by atoms with van der Waals surface area (Å²) >= 11 is 1.48. The van der Waals surface area contributed by atoms with Gasteiger partial charge in [-0.15, -0.1) is 0 Å². The summed E-state index contributed by atoms with van der Waals surface area (Å²) in [6, 6.07) is 5.02. The number of halogens is 2. The maximum Gasteiger partial charge on any atom is 0.331 e. The fraction of sp³-hybridized carbons (Fsp3) is 0.125. The lowest BCUT2D eigenvalue weighted by molar-refractivity contribution is -0.148. The molecule has 1 aromatic carbocycles. The van der Waals surface area contributed by atoms with E-state index < -0.39 is 35.3 Å². The minimum atomic E-state index is -1.20. The van der Waals surface area contributed by atoms with Crippen LogP contribution in [0.15, 0.2) is 41.1 Å². The highest BCUT2D eigenvalue weighted by Crippen LogP contribution is 2.18. The highest BCUT2D eigenvalue weighted by atomic mass is 32.1. The number of hydrogen-bond donors (Lipinski definition) is 1. The molecule has 1 aromatic heterocycles. The van der Waals surface area contributed by atoms with Gasteiger partial charge < -0.3 is 10.1 Å². The second-order valence-electron chi connectivity index (χ2n) is 4.56. The molecule has 0 saturated heterocycles. The molecule has 1 amide bonds. The van der Waals surface area contributed by atoms with Crippen molar-refractivity contribution in [2.45, 2.75) is 13.0 Å². The van der Waals surface area contributed by atoms with Crippen molar-refractivity contribution in [3.8, 4) is 0 Å². The summed E-state index contributed by atoms with van der Waals surface area (Å²) in [6.07, 6.45) is 1.52. The Morgan fingerprint density at radius 2 is 1.96 bits per heavy atom. The number of amides is 1. The number of ether oxygens (including phenoxy) is 1. The minimum absolute atomic E-state index is 0.575. The SMILES string of the molecule is C[C@@H](OC(=O)/C=C/c1ccsc1)C(=O)Nc1c(F)cccc1F. The van der Waals surface area contributed by atoms with E-state index in [1.165, 1.54) is 30.4 Å². The zero-order valence-corrected chi connectivity index (χ0v) is 12.9. The first-order valence-corrected chi connectivity index (χ1v) is 7.57. The topological polar surface area (TPSA) is 55.4 Å². The summed E-state index contributed by atoms with van der Waals surface area (Å²) in [6.45, 7) is 1.31. The second kappa shape index (κ2) is 7.64. The van der Waals surface area contributed by atoms with Crippen molar-refractivity contribution in [1.29, 1.82) is 0 Å². The van der Waals surface area contributed by atoms with E-state index in [9.17, 15) is 18.4 Å². The number of nitrogens with one attached hydrogen (secondary N) is 1. The zero-order valence-electron chi connectivity index (χ0n) is 12.1. The van der Waals surface area contributed by atoms with Gasteiger partial charge in [0.1, 0.15) is 17.3 Å². The van der Waals surface area contributed by atoms with E-state index in [1.54, 1.807) is 6.08 Å². The molecule has 2 rings (SSSR count). The van der Waals surface area contributed by atoms with Crippen LogP contribution in [-0.2, 0) is 14.3 Å². The molecule has 1 heterocycles. The van der Waals surface area contributed by atoms with Gasteiger partial charge in [0.2, 0.25) is 0 Å². The van der Waals surface area contributed by atoms with E-state index in [1.807, 2.05) is 16.8 Å². The number of rotatable bonds is 5. The fourth-order valence-electron chi connectivity index (χ4n) is 1.64. The van der Waals surface area contributed by atoms with Gasteiger partial charge in [-0.05, 0) is 47.5 Å². The van der Waals surface area contributed by atoms with Gasteiger partial charge in [0.15, 0.2) is 6.10 Å². The first-order chi connectivity index (χ1) is 11.0. The van der Waals surface area contributed by atoms with Gasteiger partial charge >= 0.3 is 5.97 Å². The molecule has 0 aliphatic carbocycles. The molecule has 1 N–H and O–H groups in total. The van der Waals surface area contributed by atoms with E-state index in [2.05, 4.69) is 5.32 Å². The maximum absolute atomic E-state index is 13.4. The van der Waals surface area contributed by atoms with E-state index >= 15 is 0 Å². The number of esters is 1. The Balaban J connectivity index is 1.93. The summed E-state index contributed by atoms with van der Waals surface area (Å²) in [5.74, 6) is -3.37. The van der Waals surface area contributed by atoms with Gasteiger partial charge in [0.25, 0.3) is 5.91 Å². The number of carbonyl (C=O) groups is 2. The van der Waals surface area contributed by atoms with Crippen LogP contribution in [0.1, 0.15) is 12.5 Å². The van der Waals surface area contributed by atoms with Crippen molar-refractivity contribution in [2.24, 2.45) is 0 Å².